The SMILES string of the molecule is O=C(c1cccs1)[C@H]1[C@H](c2ccc(Cl)cc2Cl)C2(C(=O)c3ccccc3C2=O)[C@H]2C=Cc3cc(Cl)ccc3N12. The first-order chi connectivity index (χ1) is 18.8. The van der Waals surface area contributed by atoms with Gasteiger partial charge in [0, 0.05) is 37.8 Å². The van der Waals surface area contributed by atoms with E-state index in [0.29, 0.717) is 36.6 Å². The van der Waals surface area contributed by atoms with Gasteiger partial charge >= 0.3 is 0 Å². The van der Waals surface area contributed by atoms with Crippen molar-refractivity contribution in [2.24, 2.45) is 5.41 Å². The molecular formula is C31H18Cl3NO3S. The van der Waals surface area contributed by atoms with E-state index in [0.717, 1.165) is 11.3 Å². The van der Waals surface area contributed by atoms with Crippen LogP contribution in [-0.2, 0) is 0 Å². The van der Waals surface area contributed by atoms with Crippen LogP contribution in [0.15, 0.2) is 84.3 Å². The fraction of sp³-hybridized carbons (Fsp3) is 0.129. The largest absolute Gasteiger partial charge is 0.352 e. The Hall–Kier alpha value is -3.22. The first kappa shape index (κ1) is 24.8. The molecule has 0 bridgehead atoms. The second-order valence-corrected chi connectivity index (χ2v) is 12.1. The van der Waals surface area contributed by atoms with Gasteiger partial charge in [0.1, 0.15) is 11.5 Å². The molecule has 3 atom stereocenters. The first-order valence-corrected chi connectivity index (χ1v) is 14.3. The highest BCUT2D eigenvalue weighted by Crippen LogP contribution is 2.61. The minimum Gasteiger partial charge on any atom is -0.352 e. The maximum Gasteiger partial charge on any atom is 0.195 e. The molecule has 0 N–H and O–H groups in total. The number of fused-ring (bicyclic) bond motifs is 5. The molecule has 0 amide bonds. The summed E-state index contributed by atoms with van der Waals surface area (Å²) in [5.41, 5.74) is 1.16. The van der Waals surface area contributed by atoms with Crippen LogP contribution in [0.2, 0.25) is 15.1 Å². The topological polar surface area (TPSA) is 54.5 Å². The molecule has 3 heterocycles. The normalized spacial score (nSPS) is 22.2. The van der Waals surface area contributed by atoms with E-state index in [4.69, 9.17) is 34.8 Å². The van der Waals surface area contributed by atoms with Crippen molar-refractivity contribution >= 4 is 75.3 Å². The molecule has 0 unspecified atom stereocenters. The number of benzene rings is 3. The number of rotatable bonds is 3. The lowest BCUT2D eigenvalue weighted by molar-refractivity contribution is 0.0666. The second kappa shape index (κ2) is 8.90. The summed E-state index contributed by atoms with van der Waals surface area (Å²) < 4.78 is 0. The number of nitrogens with zero attached hydrogens (tertiary/aromatic N) is 1. The predicted octanol–water partition coefficient (Wildman–Crippen LogP) is 8.02. The Morgan fingerprint density at radius 2 is 1.54 bits per heavy atom. The highest BCUT2D eigenvalue weighted by molar-refractivity contribution is 7.12. The quantitative estimate of drug-likeness (QED) is 0.179. The standard InChI is InChI=1S/C31H18Cl3NO3S/c32-17-9-11-23-16(14-17)7-12-25-31(29(37)19-4-1-2-5-20(19)30(31)38)26(21-10-8-18(33)15-22(21)34)27(35(23)25)28(36)24-6-3-13-39-24/h1-15,25-27H/t25-,26+,27-/m1/s1. The van der Waals surface area contributed by atoms with Crippen molar-refractivity contribution in [2.75, 3.05) is 4.90 Å². The van der Waals surface area contributed by atoms with Gasteiger partial charge in [-0.05, 0) is 52.9 Å². The lowest BCUT2D eigenvalue weighted by Crippen LogP contribution is -2.48. The van der Waals surface area contributed by atoms with Crippen LogP contribution in [0.1, 0.15) is 47.4 Å². The second-order valence-electron chi connectivity index (χ2n) is 9.92. The summed E-state index contributed by atoms with van der Waals surface area (Å²) >= 11 is 20.8. The summed E-state index contributed by atoms with van der Waals surface area (Å²) in [5.74, 6) is -1.69. The fourth-order valence-corrected chi connectivity index (χ4v) is 8.01. The molecule has 1 aliphatic carbocycles. The fourth-order valence-electron chi connectivity index (χ4n) is 6.61. The van der Waals surface area contributed by atoms with Gasteiger partial charge in [0.15, 0.2) is 17.3 Å². The molecule has 1 spiro atoms. The van der Waals surface area contributed by atoms with E-state index < -0.39 is 23.4 Å². The van der Waals surface area contributed by atoms with Crippen molar-refractivity contribution in [3.8, 4) is 0 Å². The molecule has 0 saturated carbocycles. The number of hydrogen-bond donors (Lipinski definition) is 0. The number of Topliss-reactive ketones (excluding diaryl/α,β-unsaturated/α-hetero) is 3. The van der Waals surface area contributed by atoms with Gasteiger partial charge in [0.05, 0.1) is 10.9 Å². The van der Waals surface area contributed by atoms with Gasteiger partial charge in [-0.25, -0.2) is 0 Å². The van der Waals surface area contributed by atoms with E-state index in [2.05, 4.69) is 0 Å². The molecule has 3 aliphatic rings. The minimum absolute atomic E-state index is 0.185. The maximum absolute atomic E-state index is 14.6. The number of hydrogen-bond acceptors (Lipinski definition) is 5. The van der Waals surface area contributed by atoms with Gasteiger partial charge in [0.25, 0.3) is 0 Å². The Morgan fingerprint density at radius 1 is 0.846 bits per heavy atom. The molecule has 2 aliphatic heterocycles. The molecule has 1 saturated heterocycles. The zero-order valence-electron chi connectivity index (χ0n) is 20.1. The third-order valence-electron chi connectivity index (χ3n) is 8.10. The van der Waals surface area contributed by atoms with E-state index in [1.165, 1.54) is 11.3 Å². The number of thiophene rings is 1. The van der Waals surface area contributed by atoms with Gasteiger partial charge in [-0.1, -0.05) is 83.4 Å². The Balaban J connectivity index is 1.58. The van der Waals surface area contributed by atoms with E-state index in [1.807, 2.05) is 40.6 Å². The van der Waals surface area contributed by atoms with Gasteiger partial charge in [0.2, 0.25) is 0 Å². The number of carbonyl (C=O) groups excluding carboxylic acids is 3. The molecule has 1 fully saturated rings. The predicted molar refractivity (Wildman–Crippen MR) is 156 cm³/mol. The Bertz CT molecular complexity index is 1710. The smallest absolute Gasteiger partial charge is 0.195 e. The van der Waals surface area contributed by atoms with E-state index in [-0.39, 0.29) is 17.3 Å². The lowest BCUT2D eigenvalue weighted by Gasteiger charge is -2.37. The summed E-state index contributed by atoms with van der Waals surface area (Å²) in [4.78, 5) is 46.1. The van der Waals surface area contributed by atoms with Crippen molar-refractivity contribution in [1.29, 1.82) is 0 Å². The number of halogens is 3. The average Bonchev–Trinajstić information content (AvgIpc) is 3.62. The minimum atomic E-state index is -1.62. The molecule has 7 rings (SSSR count). The summed E-state index contributed by atoms with van der Waals surface area (Å²) in [6.45, 7) is 0. The third kappa shape index (κ3) is 3.34. The van der Waals surface area contributed by atoms with Crippen molar-refractivity contribution in [3.63, 3.8) is 0 Å². The van der Waals surface area contributed by atoms with E-state index >= 15 is 0 Å². The molecule has 1 aromatic heterocycles. The van der Waals surface area contributed by atoms with Crippen molar-refractivity contribution in [3.05, 3.63) is 126 Å². The molecule has 8 heteroatoms. The summed E-state index contributed by atoms with van der Waals surface area (Å²) in [7, 11) is 0. The van der Waals surface area contributed by atoms with Crippen LogP contribution in [0, 0.1) is 5.41 Å². The molecule has 192 valence electrons. The first-order valence-electron chi connectivity index (χ1n) is 12.3. The van der Waals surface area contributed by atoms with Crippen LogP contribution in [0.25, 0.3) is 6.08 Å². The Kier molecular flexibility index (Phi) is 5.66. The number of ketones is 3. The molecule has 0 radical (unpaired) electrons. The van der Waals surface area contributed by atoms with Crippen LogP contribution < -0.4 is 4.90 Å². The van der Waals surface area contributed by atoms with Gasteiger partial charge < -0.3 is 4.90 Å². The van der Waals surface area contributed by atoms with Crippen LogP contribution in [0.4, 0.5) is 5.69 Å². The molecule has 39 heavy (non-hydrogen) atoms. The highest BCUT2D eigenvalue weighted by atomic mass is 35.5. The average molecular weight is 591 g/mol. The van der Waals surface area contributed by atoms with Gasteiger partial charge in [-0.2, -0.15) is 0 Å². The monoisotopic (exact) mass is 589 g/mol. The highest BCUT2D eigenvalue weighted by Gasteiger charge is 2.71. The molecule has 4 aromatic rings. The Morgan fingerprint density at radius 3 is 2.21 bits per heavy atom. The zero-order chi connectivity index (χ0) is 27.1. The van der Waals surface area contributed by atoms with Crippen molar-refractivity contribution in [1.82, 2.24) is 0 Å². The van der Waals surface area contributed by atoms with Crippen LogP contribution in [-0.4, -0.2) is 29.4 Å². The van der Waals surface area contributed by atoms with Crippen LogP contribution in [0.5, 0.6) is 0 Å². The van der Waals surface area contributed by atoms with Gasteiger partial charge in [-0.3, -0.25) is 14.4 Å². The number of anilines is 1. The maximum atomic E-state index is 14.6. The van der Waals surface area contributed by atoms with Gasteiger partial charge in [-0.15, -0.1) is 11.3 Å². The van der Waals surface area contributed by atoms with Crippen LogP contribution >= 0.6 is 46.1 Å². The third-order valence-corrected chi connectivity index (χ3v) is 9.78. The summed E-state index contributed by atoms with van der Waals surface area (Å²) in [6, 6.07) is 19.3. The van der Waals surface area contributed by atoms with Crippen LogP contribution in [0.3, 0.4) is 0 Å². The van der Waals surface area contributed by atoms with E-state index in [1.54, 1.807) is 54.6 Å². The molecule has 4 nitrogen and oxygen atoms in total. The molecular weight excluding hydrogens is 573 g/mol. The Labute approximate surface area is 243 Å². The lowest BCUT2D eigenvalue weighted by atomic mass is 9.64. The zero-order valence-corrected chi connectivity index (χ0v) is 23.2. The summed E-state index contributed by atoms with van der Waals surface area (Å²) in [5, 5.41) is 3.10. The van der Waals surface area contributed by atoms with E-state index in [9.17, 15) is 14.4 Å². The van der Waals surface area contributed by atoms with Crippen molar-refractivity contribution in [2.45, 2.75) is 18.0 Å². The number of carbonyl (C=O) groups is 3. The molecule has 3 aromatic carbocycles. The van der Waals surface area contributed by atoms with Crippen molar-refractivity contribution < 1.29 is 14.4 Å². The summed E-state index contributed by atoms with van der Waals surface area (Å²) in [6.07, 6.45) is 3.74.